The fourth-order valence-electron chi connectivity index (χ4n) is 2.34. The van der Waals surface area contributed by atoms with Crippen LogP contribution in [0.5, 0.6) is 5.75 Å². The molecular weight excluding hydrogens is 342 g/mol. The highest BCUT2D eigenvalue weighted by atomic mass is 32.1. The Morgan fingerprint density at radius 3 is 2.92 bits per heavy atom. The number of nitrogens with one attached hydrogen (secondary N) is 3. The van der Waals surface area contributed by atoms with Crippen LogP contribution in [-0.2, 0) is 14.3 Å². The van der Waals surface area contributed by atoms with Crippen molar-refractivity contribution in [1.29, 1.82) is 0 Å². The molecule has 0 spiro atoms. The third kappa shape index (κ3) is 5.90. The Bertz CT molecular complexity index is 651. The number of thiocarbonyl (C=S) groups is 1. The number of carbonyl (C=O) groups is 2. The number of esters is 1. The molecule has 0 aliphatic carbocycles. The summed E-state index contributed by atoms with van der Waals surface area (Å²) in [4.78, 5) is 22.6. The first-order valence-corrected chi connectivity index (χ1v) is 8.63. The van der Waals surface area contributed by atoms with Gasteiger partial charge in [-0.1, -0.05) is 6.42 Å². The van der Waals surface area contributed by atoms with Gasteiger partial charge in [0.15, 0.2) is 11.2 Å². The van der Waals surface area contributed by atoms with E-state index < -0.39 is 6.10 Å². The highest BCUT2D eigenvalue weighted by molar-refractivity contribution is 7.80. The molecule has 8 heteroatoms. The Morgan fingerprint density at radius 1 is 1.36 bits per heavy atom. The molecule has 0 saturated carbocycles. The minimum atomic E-state index is -0.492. The number of anilines is 2. The van der Waals surface area contributed by atoms with Crippen molar-refractivity contribution in [2.24, 2.45) is 0 Å². The van der Waals surface area contributed by atoms with Gasteiger partial charge in [0.05, 0.1) is 12.8 Å². The molecule has 1 aromatic rings. The van der Waals surface area contributed by atoms with Crippen LogP contribution < -0.4 is 20.7 Å². The van der Waals surface area contributed by atoms with Crippen molar-refractivity contribution in [3.05, 3.63) is 18.2 Å². The molecule has 1 atom stereocenters. The van der Waals surface area contributed by atoms with Crippen LogP contribution in [0, 0.1) is 0 Å². The van der Waals surface area contributed by atoms with E-state index >= 15 is 0 Å². The van der Waals surface area contributed by atoms with Gasteiger partial charge in [-0.05, 0) is 50.2 Å². The molecule has 0 aromatic heterocycles. The quantitative estimate of drug-likeness (QED) is 0.388. The summed E-state index contributed by atoms with van der Waals surface area (Å²) in [5, 5.41) is 9.49. The summed E-state index contributed by atoms with van der Waals surface area (Å²) < 4.78 is 10.1. The molecular formula is C17H23N3O4S. The summed E-state index contributed by atoms with van der Waals surface area (Å²) in [5.74, 6) is 0.294. The lowest BCUT2D eigenvalue weighted by Gasteiger charge is -2.23. The highest BCUT2D eigenvalue weighted by Crippen LogP contribution is 2.32. The second kappa shape index (κ2) is 9.22. The maximum absolute atomic E-state index is 11.7. The van der Waals surface area contributed by atoms with Crippen molar-refractivity contribution in [2.45, 2.75) is 38.7 Å². The van der Waals surface area contributed by atoms with E-state index in [4.69, 9.17) is 17.0 Å². The molecule has 0 saturated heterocycles. The molecule has 136 valence electrons. The van der Waals surface area contributed by atoms with Crippen LogP contribution in [-0.4, -0.2) is 36.7 Å². The summed E-state index contributed by atoms with van der Waals surface area (Å²) in [6.07, 6.45) is 2.59. The number of ether oxygens (including phenoxy) is 2. The average Bonchev–Trinajstić information content (AvgIpc) is 2.59. The van der Waals surface area contributed by atoms with Crippen LogP contribution >= 0.6 is 12.2 Å². The zero-order valence-electron chi connectivity index (χ0n) is 14.4. The van der Waals surface area contributed by atoms with E-state index in [0.717, 1.165) is 31.5 Å². The summed E-state index contributed by atoms with van der Waals surface area (Å²) in [7, 11) is 1.40. The molecule has 1 aliphatic rings. The Hall–Kier alpha value is -2.35. The molecule has 0 radical (unpaired) electrons. The van der Waals surface area contributed by atoms with Crippen LogP contribution in [0.2, 0.25) is 0 Å². The minimum absolute atomic E-state index is 0.169. The standard InChI is InChI=1S/C17H23N3O4S/c1-11-16(22)20-13-10-12(7-8-14(13)24-11)19-17(25)18-9-5-3-4-6-15(21)23-2/h7-8,10-11H,3-6,9H2,1-2H3,(H,20,22)(H2,18,19,25)/t11-/m0/s1. The molecule has 0 bridgehead atoms. The van der Waals surface area contributed by atoms with Gasteiger partial charge in [0.2, 0.25) is 0 Å². The largest absolute Gasteiger partial charge is 0.479 e. The van der Waals surface area contributed by atoms with E-state index in [1.165, 1.54) is 7.11 Å². The van der Waals surface area contributed by atoms with Crippen molar-refractivity contribution < 1.29 is 19.1 Å². The van der Waals surface area contributed by atoms with Crippen molar-refractivity contribution in [1.82, 2.24) is 5.32 Å². The SMILES string of the molecule is COC(=O)CCCCCNC(=S)Nc1ccc2c(c1)NC(=O)[C@H](C)O2. The van der Waals surface area contributed by atoms with E-state index in [1.54, 1.807) is 19.1 Å². The predicted octanol–water partition coefficient (Wildman–Crippen LogP) is 2.43. The molecule has 0 fully saturated rings. The third-order valence-electron chi connectivity index (χ3n) is 3.74. The van der Waals surface area contributed by atoms with Crippen LogP contribution in [0.4, 0.5) is 11.4 Å². The molecule has 1 heterocycles. The molecule has 0 unspecified atom stereocenters. The third-order valence-corrected chi connectivity index (χ3v) is 3.99. The second-order valence-electron chi connectivity index (χ2n) is 5.73. The molecule has 25 heavy (non-hydrogen) atoms. The van der Waals surface area contributed by atoms with Crippen molar-refractivity contribution >= 4 is 40.6 Å². The van der Waals surface area contributed by atoms with Crippen LogP contribution in [0.3, 0.4) is 0 Å². The predicted molar refractivity (Wildman–Crippen MR) is 99.9 cm³/mol. The number of hydrogen-bond donors (Lipinski definition) is 3. The van der Waals surface area contributed by atoms with Crippen molar-refractivity contribution in [2.75, 3.05) is 24.3 Å². The van der Waals surface area contributed by atoms with Crippen LogP contribution in [0.1, 0.15) is 32.6 Å². The number of fused-ring (bicyclic) bond motifs is 1. The molecule has 7 nitrogen and oxygen atoms in total. The van der Waals surface area contributed by atoms with Gasteiger partial charge in [-0.2, -0.15) is 0 Å². The number of carbonyl (C=O) groups excluding carboxylic acids is 2. The first-order chi connectivity index (χ1) is 12.0. The topological polar surface area (TPSA) is 88.7 Å². The second-order valence-corrected chi connectivity index (χ2v) is 6.14. The lowest BCUT2D eigenvalue weighted by atomic mass is 10.2. The van der Waals surface area contributed by atoms with E-state index in [0.29, 0.717) is 23.0 Å². The number of rotatable bonds is 7. The van der Waals surface area contributed by atoms with Gasteiger partial charge in [0.25, 0.3) is 5.91 Å². The Balaban J connectivity index is 1.71. The Morgan fingerprint density at radius 2 is 2.16 bits per heavy atom. The smallest absolute Gasteiger partial charge is 0.305 e. The van der Waals surface area contributed by atoms with E-state index in [-0.39, 0.29) is 11.9 Å². The molecule has 2 rings (SSSR count). The minimum Gasteiger partial charge on any atom is -0.479 e. The summed E-state index contributed by atoms with van der Waals surface area (Å²) >= 11 is 5.26. The fourth-order valence-corrected chi connectivity index (χ4v) is 2.56. The number of benzene rings is 1. The van der Waals surface area contributed by atoms with Gasteiger partial charge in [0, 0.05) is 18.7 Å². The molecule has 1 amide bonds. The van der Waals surface area contributed by atoms with Gasteiger partial charge in [-0.15, -0.1) is 0 Å². The van der Waals surface area contributed by atoms with Crippen LogP contribution in [0.15, 0.2) is 18.2 Å². The summed E-state index contributed by atoms with van der Waals surface area (Å²) in [6.45, 7) is 2.42. The first-order valence-electron chi connectivity index (χ1n) is 8.23. The lowest BCUT2D eigenvalue weighted by molar-refractivity contribution is -0.140. The fraction of sp³-hybridized carbons (Fsp3) is 0.471. The van der Waals surface area contributed by atoms with Gasteiger partial charge < -0.3 is 25.4 Å². The maximum atomic E-state index is 11.7. The summed E-state index contributed by atoms with van der Waals surface area (Å²) in [5.41, 5.74) is 1.39. The normalized spacial score (nSPS) is 15.4. The van der Waals surface area contributed by atoms with E-state index in [2.05, 4.69) is 20.7 Å². The van der Waals surface area contributed by atoms with Gasteiger partial charge in [-0.3, -0.25) is 9.59 Å². The van der Waals surface area contributed by atoms with Crippen molar-refractivity contribution in [3.63, 3.8) is 0 Å². The van der Waals surface area contributed by atoms with Gasteiger partial charge >= 0.3 is 5.97 Å². The highest BCUT2D eigenvalue weighted by Gasteiger charge is 2.23. The number of amides is 1. The zero-order chi connectivity index (χ0) is 18.2. The first kappa shape index (κ1) is 19.0. The number of unbranched alkanes of at least 4 members (excludes halogenated alkanes) is 2. The van der Waals surface area contributed by atoms with E-state index in [9.17, 15) is 9.59 Å². The van der Waals surface area contributed by atoms with Crippen LogP contribution in [0.25, 0.3) is 0 Å². The number of methoxy groups -OCH3 is 1. The van der Waals surface area contributed by atoms with Gasteiger partial charge in [-0.25, -0.2) is 0 Å². The van der Waals surface area contributed by atoms with Gasteiger partial charge in [0.1, 0.15) is 5.75 Å². The van der Waals surface area contributed by atoms with E-state index in [1.807, 2.05) is 6.07 Å². The zero-order valence-corrected chi connectivity index (χ0v) is 15.2. The Kier molecular flexibility index (Phi) is 7.00. The molecule has 1 aliphatic heterocycles. The summed E-state index contributed by atoms with van der Waals surface area (Å²) in [6, 6.07) is 5.42. The molecule has 1 aromatic carbocycles. The maximum Gasteiger partial charge on any atom is 0.305 e. The average molecular weight is 365 g/mol. The monoisotopic (exact) mass is 365 g/mol. The van der Waals surface area contributed by atoms with Crippen molar-refractivity contribution in [3.8, 4) is 5.75 Å². The lowest BCUT2D eigenvalue weighted by Crippen LogP contribution is -2.34. The Labute approximate surface area is 152 Å². The number of hydrogen-bond acceptors (Lipinski definition) is 5. The molecule has 3 N–H and O–H groups in total.